The van der Waals surface area contributed by atoms with Crippen molar-refractivity contribution in [2.45, 2.75) is 6.92 Å². The van der Waals surface area contributed by atoms with Gasteiger partial charge in [0.15, 0.2) is 0 Å². The molecule has 2 aromatic rings. The fourth-order valence-electron chi connectivity index (χ4n) is 2.20. The second-order valence-electron chi connectivity index (χ2n) is 6.07. The van der Waals surface area contributed by atoms with Gasteiger partial charge in [0.25, 0.3) is 0 Å². The number of hydrogen-bond donors (Lipinski definition) is 2. The molecule has 0 unspecified atom stereocenters. The maximum atomic E-state index is 12.1. The number of nitrogens with one attached hydrogen (secondary N) is 2. The van der Waals surface area contributed by atoms with E-state index in [2.05, 4.69) is 31.5 Å². The van der Waals surface area contributed by atoms with Crippen LogP contribution in [0.3, 0.4) is 0 Å². The van der Waals surface area contributed by atoms with Crippen LogP contribution in [0.15, 0.2) is 47.1 Å². The first-order chi connectivity index (χ1) is 13.3. The minimum atomic E-state index is -0.327. The molecule has 3 amide bonds. The maximum absolute atomic E-state index is 12.1. The normalized spacial score (nSPS) is 10.2. The van der Waals surface area contributed by atoms with Gasteiger partial charge >= 0.3 is 0 Å². The van der Waals surface area contributed by atoms with E-state index in [9.17, 15) is 14.4 Å². The van der Waals surface area contributed by atoms with Crippen molar-refractivity contribution in [2.24, 2.45) is 0 Å². The Bertz CT molecular complexity index is 863. The first kappa shape index (κ1) is 21.9. The van der Waals surface area contributed by atoms with Gasteiger partial charge in [-0.05, 0) is 42.8 Å². The Morgan fingerprint density at radius 1 is 1.11 bits per heavy atom. The van der Waals surface area contributed by atoms with Crippen molar-refractivity contribution < 1.29 is 14.4 Å². The lowest BCUT2D eigenvalue weighted by atomic mass is 10.3. The summed E-state index contributed by atoms with van der Waals surface area (Å²) in [7, 11) is 1.55. The van der Waals surface area contributed by atoms with Crippen LogP contribution in [0.2, 0.25) is 0 Å². The summed E-state index contributed by atoms with van der Waals surface area (Å²) in [5.74, 6) is -0.0469. The van der Waals surface area contributed by atoms with Gasteiger partial charge in [0.05, 0.1) is 18.1 Å². The summed E-state index contributed by atoms with van der Waals surface area (Å²) < 4.78 is 0.869. The third kappa shape index (κ3) is 7.69. The van der Waals surface area contributed by atoms with Crippen LogP contribution >= 0.6 is 27.7 Å². The van der Waals surface area contributed by atoms with Crippen molar-refractivity contribution in [3.63, 3.8) is 0 Å². The number of likely N-dealkylation sites (N-methyl/N-ethyl adjacent to an activating group) is 1. The van der Waals surface area contributed by atoms with E-state index in [0.29, 0.717) is 11.5 Å². The van der Waals surface area contributed by atoms with Crippen LogP contribution in [0.1, 0.15) is 5.56 Å². The molecule has 0 saturated heterocycles. The lowest BCUT2D eigenvalue weighted by Crippen LogP contribution is -2.36. The van der Waals surface area contributed by atoms with E-state index in [4.69, 9.17) is 0 Å². The molecule has 0 radical (unpaired) electrons. The van der Waals surface area contributed by atoms with Gasteiger partial charge in [-0.1, -0.05) is 22.0 Å². The molecule has 0 saturated carbocycles. The third-order valence-electron chi connectivity index (χ3n) is 3.56. The van der Waals surface area contributed by atoms with Crippen molar-refractivity contribution in [2.75, 3.05) is 35.7 Å². The Labute approximate surface area is 176 Å². The zero-order valence-corrected chi connectivity index (χ0v) is 18.0. The van der Waals surface area contributed by atoms with Crippen LogP contribution in [0.4, 0.5) is 11.5 Å². The first-order valence-corrected chi connectivity index (χ1v) is 10.4. The van der Waals surface area contributed by atoms with Crippen LogP contribution in [0.25, 0.3) is 0 Å². The van der Waals surface area contributed by atoms with Crippen molar-refractivity contribution in [1.29, 1.82) is 0 Å². The van der Waals surface area contributed by atoms with Crippen LogP contribution in [0.5, 0.6) is 0 Å². The van der Waals surface area contributed by atoms with E-state index < -0.39 is 0 Å². The topological polar surface area (TPSA) is 91.4 Å². The van der Waals surface area contributed by atoms with E-state index in [-0.39, 0.29) is 35.8 Å². The number of nitrogens with zero attached hydrogens (tertiary/aromatic N) is 2. The SMILES string of the molecule is Cc1ccnc(NC(=O)CN(C)C(=O)CSCC(=O)Nc2cccc(Br)c2)c1. The van der Waals surface area contributed by atoms with Gasteiger partial charge in [0, 0.05) is 23.4 Å². The van der Waals surface area contributed by atoms with Gasteiger partial charge in [-0.2, -0.15) is 0 Å². The van der Waals surface area contributed by atoms with E-state index in [1.807, 2.05) is 25.1 Å². The van der Waals surface area contributed by atoms with E-state index in [0.717, 1.165) is 10.0 Å². The summed E-state index contributed by atoms with van der Waals surface area (Å²) in [5, 5.41) is 5.42. The fourth-order valence-corrected chi connectivity index (χ4v) is 3.35. The average molecular weight is 465 g/mol. The van der Waals surface area contributed by atoms with E-state index in [1.165, 1.54) is 16.7 Å². The highest BCUT2D eigenvalue weighted by Crippen LogP contribution is 2.16. The number of carbonyl (C=O) groups is 3. The van der Waals surface area contributed by atoms with Gasteiger partial charge in [-0.15, -0.1) is 11.8 Å². The van der Waals surface area contributed by atoms with Gasteiger partial charge in [-0.3, -0.25) is 14.4 Å². The summed E-state index contributed by atoms with van der Waals surface area (Å²) in [4.78, 5) is 41.5. The molecule has 0 bridgehead atoms. The van der Waals surface area contributed by atoms with E-state index >= 15 is 0 Å². The number of thioether (sulfide) groups is 1. The van der Waals surface area contributed by atoms with Gasteiger partial charge in [0.1, 0.15) is 5.82 Å². The summed E-state index contributed by atoms with van der Waals surface area (Å²) in [6.07, 6.45) is 1.61. The molecular weight excluding hydrogens is 444 g/mol. The predicted molar refractivity (Wildman–Crippen MR) is 115 cm³/mol. The molecule has 1 heterocycles. The minimum Gasteiger partial charge on any atom is -0.336 e. The van der Waals surface area contributed by atoms with Crippen LogP contribution in [0, 0.1) is 6.92 Å². The Morgan fingerprint density at radius 3 is 2.61 bits per heavy atom. The molecule has 2 N–H and O–H groups in total. The Kier molecular flexibility index (Phi) is 8.46. The smallest absolute Gasteiger partial charge is 0.245 e. The number of rotatable bonds is 8. The molecule has 148 valence electrons. The summed E-state index contributed by atoms with van der Waals surface area (Å²) in [6, 6.07) is 10.8. The zero-order chi connectivity index (χ0) is 20.5. The Hall–Kier alpha value is -2.39. The van der Waals surface area contributed by atoms with E-state index in [1.54, 1.807) is 31.4 Å². The summed E-state index contributed by atoms with van der Waals surface area (Å²) in [6.45, 7) is 1.82. The number of benzene rings is 1. The zero-order valence-electron chi connectivity index (χ0n) is 15.6. The lowest BCUT2D eigenvalue weighted by Gasteiger charge is -2.16. The standard InChI is InChI=1S/C19H21BrN4O3S/c1-13-6-7-21-16(8-13)23-17(25)10-24(2)19(27)12-28-11-18(26)22-15-5-3-4-14(20)9-15/h3-9H,10-12H2,1-2H3,(H,22,26)(H,21,23,25). The lowest BCUT2D eigenvalue weighted by molar-refractivity contribution is -0.131. The van der Waals surface area contributed by atoms with Gasteiger partial charge in [-0.25, -0.2) is 4.98 Å². The van der Waals surface area contributed by atoms with Crippen LogP contribution in [-0.4, -0.2) is 52.7 Å². The molecule has 0 atom stereocenters. The molecule has 2 rings (SSSR count). The summed E-state index contributed by atoms with van der Waals surface area (Å²) >= 11 is 4.54. The van der Waals surface area contributed by atoms with Crippen molar-refractivity contribution in [1.82, 2.24) is 9.88 Å². The molecule has 1 aromatic heterocycles. The largest absolute Gasteiger partial charge is 0.336 e. The number of amides is 3. The number of carbonyl (C=O) groups excluding carboxylic acids is 3. The molecular formula is C19H21BrN4O3S. The molecule has 28 heavy (non-hydrogen) atoms. The summed E-state index contributed by atoms with van der Waals surface area (Å²) in [5.41, 5.74) is 1.66. The molecule has 9 heteroatoms. The highest BCUT2D eigenvalue weighted by molar-refractivity contribution is 9.10. The number of aryl methyl sites for hydroxylation is 1. The minimum absolute atomic E-state index is 0.0841. The fraction of sp³-hybridized carbons (Fsp3) is 0.263. The third-order valence-corrected chi connectivity index (χ3v) is 4.97. The second kappa shape index (κ2) is 10.8. The number of aromatic nitrogens is 1. The quantitative estimate of drug-likeness (QED) is 0.626. The predicted octanol–water partition coefficient (Wildman–Crippen LogP) is 2.92. The maximum Gasteiger partial charge on any atom is 0.245 e. The highest BCUT2D eigenvalue weighted by Gasteiger charge is 2.14. The average Bonchev–Trinajstić information content (AvgIpc) is 2.61. The second-order valence-corrected chi connectivity index (χ2v) is 7.97. The first-order valence-electron chi connectivity index (χ1n) is 8.43. The molecule has 1 aromatic carbocycles. The number of anilines is 2. The van der Waals surface area contributed by atoms with Crippen LogP contribution < -0.4 is 10.6 Å². The molecule has 0 aliphatic heterocycles. The molecule has 0 aliphatic carbocycles. The molecule has 0 spiro atoms. The molecule has 0 fully saturated rings. The van der Waals surface area contributed by atoms with Gasteiger partial charge in [0.2, 0.25) is 17.7 Å². The van der Waals surface area contributed by atoms with Crippen molar-refractivity contribution in [3.8, 4) is 0 Å². The molecule has 0 aliphatic rings. The number of hydrogen-bond acceptors (Lipinski definition) is 5. The number of pyridine rings is 1. The number of halogens is 1. The Morgan fingerprint density at radius 2 is 1.89 bits per heavy atom. The van der Waals surface area contributed by atoms with Gasteiger partial charge < -0.3 is 15.5 Å². The highest BCUT2D eigenvalue weighted by atomic mass is 79.9. The molecule has 7 nitrogen and oxygen atoms in total. The monoisotopic (exact) mass is 464 g/mol. The van der Waals surface area contributed by atoms with Crippen LogP contribution in [-0.2, 0) is 14.4 Å². The Balaban J connectivity index is 1.70. The van der Waals surface area contributed by atoms with Crippen molar-refractivity contribution >= 4 is 56.9 Å². The van der Waals surface area contributed by atoms with Crippen molar-refractivity contribution in [3.05, 3.63) is 52.6 Å².